The lowest BCUT2D eigenvalue weighted by Crippen LogP contribution is -2.39. The van der Waals surface area contributed by atoms with E-state index in [-0.39, 0.29) is 5.76 Å². The highest BCUT2D eigenvalue weighted by atomic mass is 16.4. The molecule has 1 aliphatic rings. The third-order valence-electron chi connectivity index (χ3n) is 3.22. The summed E-state index contributed by atoms with van der Waals surface area (Å²) in [6.07, 6.45) is 2.26. The van der Waals surface area contributed by atoms with Crippen LogP contribution >= 0.6 is 0 Å². The highest BCUT2D eigenvalue weighted by Crippen LogP contribution is 2.28. The zero-order valence-corrected chi connectivity index (χ0v) is 9.64. The van der Waals surface area contributed by atoms with E-state index in [4.69, 9.17) is 9.52 Å². The Hall–Kier alpha value is -1.45. The second-order valence-corrected chi connectivity index (χ2v) is 4.62. The van der Waals surface area contributed by atoms with Gasteiger partial charge in [0.25, 0.3) is 0 Å². The van der Waals surface area contributed by atoms with Crippen LogP contribution in [0.15, 0.2) is 16.5 Å². The molecule has 0 bridgehead atoms. The third-order valence-corrected chi connectivity index (χ3v) is 3.22. The van der Waals surface area contributed by atoms with Gasteiger partial charge in [-0.25, -0.2) is 4.79 Å². The van der Waals surface area contributed by atoms with Gasteiger partial charge >= 0.3 is 5.97 Å². The molecular formula is C12H17NO3. The van der Waals surface area contributed by atoms with Crippen LogP contribution in [0, 0.1) is 5.92 Å². The minimum absolute atomic E-state index is 0.0146. The van der Waals surface area contributed by atoms with Gasteiger partial charge in [-0.05, 0) is 31.7 Å². The monoisotopic (exact) mass is 223 g/mol. The Morgan fingerprint density at radius 2 is 2.25 bits per heavy atom. The number of carboxylic acids is 1. The molecule has 1 aromatic rings. The summed E-state index contributed by atoms with van der Waals surface area (Å²) in [6.45, 7) is 5.34. The Morgan fingerprint density at radius 3 is 2.81 bits per heavy atom. The molecule has 1 fully saturated rings. The number of piperidine rings is 1. The Balaban J connectivity index is 2.14. The normalized spacial score (nSPS) is 25.8. The summed E-state index contributed by atoms with van der Waals surface area (Å²) in [6, 6.07) is 3.68. The molecule has 0 radical (unpaired) electrons. The lowest BCUT2D eigenvalue weighted by atomic mass is 9.93. The molecule has 1 aliphatic heterocycles. The van der Waals surface area contributed by atoms with E-state index in [0.29, 0.717) is 11.9 Å². The molecule has 0 spiro atoms. The molecule has 1 saturated heterocycles. The topological polar surface area (TPSA) is 53.7 Å². The molecular weight excluding hydrogens is 206 g/mol. The molecule has 4 nitrogen and oxygen atoms in total. The Bertz CT molecular complexity index is 385. The zero-order valence-electron chi connectivity index (χ0n) is 9.64. The summed E-state index contributed by atoms with van der Waals surface area (Å²) < 4.78 is 5.32. The molecule has 1 N–H and O–H groups in total. The highest BCUT2D eigenvalue weighted by molar-refractivity contribution is 5.84. The standard InChI is InChI=1S/C12H17NO3/c1-8-5-6-13(9(2)7-8)11-4-3-10(16-11)12(14)15/h3-4,8-9H,5-7H2,1-2H3,(H,14,15). The molecule has 0 amide bonds. The van der Waals surface area contributed by atoms with Crippen LogP contribution in [0.1, 0.15) is 37.2 Å². The van der Waals surface area contributed by atoms with E-state index in [1.54, 1.807) is 6.07 Å². The lowest BCUT2D eigenvalue weighted by Gasteiger charge is -2.36. The minimum Gasteiger partial charge on any atom is -0.475 e. The fraction of sp³-hybridized carbons (Fsp3) is 0.583. The van der Waals surface area contributed by atoms with Crippen LogP contribution in [-0.4, -0.2) is 23.7 Å². The SMILES string of the molecule is CC1CCN(c2ccc(C(=O)O)o2)C(C)C1. The molecule has 0 saturated carbocycles. The second-order valence-electron chi connectivity index (χ2n) is 4.62. The summed E-state index contributed by atoms with van der Waals surface area (Å²) in [4.78, 5) is 12.9. The van der Waals surface area contributed by atoms with Gasteiger partial charge in [0, 0.05) is 18.7 Å². The van der Waals surface area contributed by atoms with Gasteiger partial charge in [-0.1, -0.05) is 6.92 Å². The first-order chi connectivity index (χ1) is 7.58. The molecule has 1 aromatic heterocycles. The molecule has 2 heterocycles. The largest absolute Gasteiger partial charge is 0.475 e. The molecule has 4 heteroatoms. The summed E-state index contributed by atoms with van der Waals surface area (Å²) in [5.74, 6) is 0.419. The number of nitrogens with zero attached hydrogens (tertiary/aromatic N) is 1. The predicted octanol–water partition coefficient (Wildman–Crippen LogP) is 2.60. The fourth-order valence-electron chi connectivity index (χ4n) is 2.33. The number of carbonyl (C=O) groups is 1. The average Bonchev–Trinajstić information content (AvgIpc) is 2.66. The van der Waals surface area contributed by atoms with Crippen LogP contribution in [0.3, 0.4) is 0 Å². The number of furan rings is 1. The van der Waals surface area contributed by atoms with E-state index in [9.17, 15) is 4.79 Å². The van der Waals surface area contributed by atoms with Crippen LogP contribution in [0.25, 0.3) is 0 Å². The van der Waals surface area contributed by atoms with Gasteiger partial charge in [0.1, 0.15) is 0 Å². The van der Waals surface area contributed by atoms with Crippen molar-refractivity contribution in [1.82, 2.24) is 0 Å². The number of rotatable bonds is 2. The van der Waals surface area contributed by atoms with E-state index in [1.165, 1.54) is 6.07 Å². The number of carboxylic acid groups (broad SMARTS) is 1. The molecule has 88 valence electrons. The quantitative estimate of drug-likeness (QED) is 0.837. The van der Waals surface area contributed by atoms with Crippen molar-refractivity contribution < 1.29 is 14.3 Å². The summed E-state index contributed by atoms with van der Waals surface area (Å²) >= 11 is 0. The van der Waals surface area contributed by atoms with Gasteiger partial charge in [0.2, 0.25) is 5.76 Å². The number of hydrogen-bond donors (Lipinski definition) is 1. The van der Waals surface area contributed by atoms with Gasteiger partial charge in [0.15, 0.2) is 5.88 Å². The summed E-state index contributed by atoms with van der Waals surface area (Å²) in [5, 5.41) is 8.79. The van der Waals surface area contributed by atoms with E-state index in [1.807, 2.05) is 0 Å². The fourth-order valence-corrected chi connectivity index (χ4v) is 2.33. The highest BCUT2D eigenvalue weighted by Gasteiger charge is 2.25. The van der Waals surface area contributed by atoms with Crippen molar-refractivity contribution in [3.63, 3.8) is 0 Å². The van der Waals surface area contributed by atoms with Crippen molar-refractivity contribution in [2.75, 3.05) is 11.4 Å². The van der Waals surface area contributed by atoms with Gasteiger partial charge in [0.05, 0.1) is 0 Å². The number of aromatic carboxylic acids is 1. The van der Waals surface area contributed by atoms with Crippen LogP contribution in [0.4, 0.5) is 5.88 Å². The second kappa shape index (κ2) is 4.20. The van der Waals surface area contributed by atoms with Gasteiger partial charge in [-0.15, -0.1) is 0 Å². The maximum Gasteiger partial charge on any atom is 0.371 e. The third kappa shape index (κ3) is 2.05. The molecule has 0 aliphatic carbocycles. The van der Waals surface area contributed by atoms with Gasteiger partial charge in [-0.2, -0.15) is 0 Å². The number of hydrogen-bond acceptors (Lipinski definition) is 3. The van der Waals surface area contributed by atoms with Crippen LogP contribution < -0.4 is 4.90 Å². The van der Waals surface area contributed by atoms with Crippen molar-refractivity contribution in [2.24, 2.45) is 5.92 Å². The molecule has 0 aromatic carbocycles. The van der Waals surface area contributed by atoms with E-state index in [2.05, 4.69) is 18.7 Å². The Kier molecular flexibility index (Phi) is 2.90. The minimum atomic E-state index is -1.01. The molecule has 2 atom stereocenters. The smallest absolute Gasteiger partial charge is 0.371 e. The zero-order chi connectivity index (χ0) is 11.7. The maximum atomic E-state index is 10.7. The Morgan fingerprint density at radius 1 is 1.50 bits per heavy atom. The maximum absolute atomic E-state index is 10.7. The van der Waals surface area contributed by atoms with Crippen molar-refractivity contribution >= 4 is 11.9 Å². The van der Waals surface area contributed by atoms with Crippen LogP contribution in [0.5, 0.6) is 0 Å². The predicted molar refractivity (Wildman–Crippen MR) is 60.9 cm³/mol. The summed E-state index contributed by atoms with van der Waals surface area (Å²) in [7, 11) is 0. The molecule has 2 rings (SSSR count). The first-order valence-electron chi connectivity index (χ1n) is 5.67. The molecule has 2 unspecified atom stereocenters. The molecule has 16 heavy (non-hydrogen) atoms. The first-order valence-corrected chi connectivity index (χ1v) is 5.67. The van der Waals surface area contributed by atoms with E-state index in [0.717, 1.165) is 25.3 Å². The first kappa shape index (κ1) is 11.0. The average molecular weight is 223 g/mol. The van der Waals surface area contributed by atoms with E-state index >= 15 is 0 Å². The Labute approximate surface area is 94.9 Å². The van der Waals surface area contributed by atoms with Gasteiger partial charge in [-0.3, -0.25) is 0 Å². The summed E-state index contributed by atoms with van der Waals surface area (Å²) in [5.41, 5.74) is 0. The van der Waals surface area contributed by atoms with Crippen LogP contribution in [-0.2, 0) is 0 Å². The number of anilines is 1. The van der Waals surface area contributed by atoms with Crippen molar-refractivity contribution in [1.29, 1.82) is 0 Å². The van der Waals surface area contributed by atoms with Gasteiger partial charge < -0.3 is 14.4 Å². The van der Waals surface area contributed by atoms with Crippen molar-refractivity contribution in [3.8, 4) is 0 Å². The van der Waals surface area contributed by atoms with Crippen LogP contribution in [0.2, 0.25) is 0 Å². The van der Waals surface area contributed by atoms with E-state index < -0.39 is 5.97 Å². The lowest BCUT2D eigenvalue weighted by molar-refractivity contribution is 0.0662. The van der Waals surface area contributed by atoms with Crippen molar-refractivity contribution in [3.05, 3.63) is 17.9 Å². The van der Waals surface area contributed by atoms with Crippen molar-refractivity contribution in [2.45, 2.75) is 32.7 Å².